The molecule has 0 unspecified atom stereocenters. The molecule has 4 heteroatoms. The molecular formula is C8H10ClNO2. The second-order valence-electron chi connectivity index (χ2n) is 2.11. The first-order chi connectivity index (χ1) is 5.61. The molecule has 0 bridgehead atoms. The van der Waals surface area contributed by atoms with Crippen LogP contribution in [0.3, 0.4) is 0 Å². The van der Waals surface area contributed by atoms with Crippen LogP contribution in [0, 0.1) is 6.92 Å². The average molecular weight is 188 g/mol. The molecule has 0 aliphatic carbocycles. The summed E-state index contributed by atoms with van der Waals surface area (Å²) >= 11 is 5.64. The summed E-state index contributed by atoms with van der Waals surface area (Å²) in [6.45, 7) is 1.70. The van der Waals surface area contributed by atoms with Crippen molar-refractivity contribution >= 4 is 23.8 Å². The summed E-state index contributed by atoms with van der Waals surface area (Å²) in [5.74, 6) is 0. The first kappa shape index (κ1) is 10.8. The maximum atomic E-state index is 8.36. The van der Waals surface area contributed by atoms with E-state index in [0.29, 0.717) is 5.02 Å². The number of carboxylic acid groups (broad SMARTS) is 1. The molecule has 0 aromatic heterocycles. The molecule has 0 aliphatic rings. The Bertz CT molecular complexity index is 263. The third-order valence-corrected chi connectivity index (χ3v) is 1.48. The van der Waals surface area contributed by atoms with Crippen molar-refractivity contribution in [3.63, 3.8) is 0 Å². The van der Waals surface area contributed by atoms with E-state index in [1.165, 1.54) is 0 Å². The minimum absolute atomic E-state index is 0.250. The lowest BCUT2D eigenvalue weighted by Gasteiger charge is -1.97. The number of carbonyl (C=O) groups is 1. The van der Waals surface area contributed by atoms with Gasteiger partial charge in [0.25, 0.3) is 6.47 Å². The van der Waals surface area contributed by atoms with Gasteiger partial charge in [0.1, 0.15) is 0 Å². The molecule has 66 valence electrons. The predicted octanol–water partition coefficient (Wildman–Crippen LogP) is 1.93. The van der Waals surface area contributed by atoms with Crippen molar-refractivity contribution in [3.05, 3.63) is 28.8 Å². The van der Waals surface area contributed by atoms with Crippen LogP contribution in [0.2, 0.25) is 5.02 Å². The molecule has 0 spiro atoms. The van der Waals surface area contributed by atoms with E-state index < -0.39 is 0 Å². The normalized spacial score (nSPS) is 8.17. The van der Waals surface area contributed by atoms with Gasteiger partial charge < -0.3 is 10.8 Å². The third kappa shape index (κ3) is 3.83. The molecule has 0 fully saturated rings. The molecule has 0 saturated heterocycles. The highest BCUT2D eigenvalue weighted by Gasteiger charge is 1.91. The van der Waals surface area contributed by atoms with Gasteiger partial charge in [-0.05, 0) is 24.6 Å². The van der Waals surface area contributed by atoms with Crippen LogP contribution < -0.4 is 5.73 Å². The van der Waals surface area contributed by atoms with Crippen molar-refractivity contribution in [3.8, 4) is 0 Å². The maximum absolute atomic E-state index is 8.36. The van der Waals surface area contributed by atoms with E-state index in [9.17, 15) is 0 Å². The van der Waals surface area contributed by atoms with Crippen LogP contribution in [0.1, 0.15) is 5.56 Å². The first-order valence-corrected chi connectivity index (χ1v) is 3.59. The van der Waals surface area contributed by atoms with E-state index in [4.69, 9.17) is 27.2 Å². The molecule has 0 heterocycles. The lowest BCUT2D eigenvalue weighted by Crippen LogP contribution is -1.87. The molecule has 1 aromatic carbocycles. The highest BCUT2D eigenvalue weighted by atomic mass is 35.5. The number of halogens is 1. The molecule has 12 heavy (non-hydrogen) atoms. The van der Waals surface area contributed by atoms with E-state index in [1.807, 2.05) is 19.1 Å². The van der Waals surface area contributed by atoms with E-state index in [-0.39, 0.29) is 6.47 Å². The molecule has 3 N–H and O–H groups in total. The number of hydrogen-bond donors (Lipinski definition) is 2. The Labute approximate surface area is 75.8 Å². The Morgan fingerprint density at radius 3 is 2.42 bits per heavy atom. The molecule has 0 atom stereocenters. The topological polar surface area (TPSA) is 63.3 Å². The third-order valence-electron chi connectivity index (χ3n) is 1.24. The van der Waals surface area contributed by atoms with Gasteiger partial charge >= 0.3 is 0 Å². The minimum Gasteiger partial charge on any atom is -0.483 e. The van der Waals surface area contributed by atoms with E-state index >= 15 is 0 Å². The maximum Gasteiger partial charge on any atom is 0.290 e. The monoisotopic (exact) mass is 187 g/mol. The molecule has 0 amide bonds. The van der Waals surface area contributed by atoms with Gasteiger partial charge in [-0.3, -0.25) is 4.79 Å². The van der Waals surface area contributed by atoms with Crippen molar-refractivity contribution in [2.75, 3.05) is 5.73 Å². The molecular weight excluding hydrogens is 178 g/mol. The van der Waals surface area contributed by atoms with Crippen molar-refractivity contribution < 1.29 is 9.90 Å². The molecule has 3 nitrogen and oxygen atoms in total. The van der Waals surface area contributed by atoms with Crippen LogP contribution in [0.5, 0.6) is 0 Å². The lowest BCUT2D eigenvalue weighted by atomic mass is 10.2. The number of rotatable bonds is 0. The number of hydrogen-bond acceptors (Lipinski definition) is 2. The van der Waals surface area contributed by atoms with Crippen molar-refractivity contribution in [1.82, 2.24) is 0 Å². The summed E-state index contributed by atoms with van der Waals surface area (Å²) in [4.78, 5) is 8.36. The molecule has 0 saturated carbocycles. The summed E-state index contributed by atoms with van der Waals surface area (Å²) in [5, 5.41) is 7.58. The Morgan fingerprint density at radius 2 is 2.08 bits per heavy atom. The number of aryl methyl sites for hydroxylation is 1. The quantitative estimate of drug-likeness (QED) is 0.482. The van der Waals surface area contributed by atoms with E-state index in [1.54, 1.807) is 6.07 Å². The Morgan fingerprint density at radius 1 is 1.58 bits per heavy atom. The summed E-state index contributed by atoms with van der Waals surface area (Å²) < 4.78 is 0. The van der Waals surface area contributed by atoms with E-state index in [2.05, 4.69) is 0 Å². The van der Waals surface area contributed by atoms with Crippen molar-refractivity contribution in [2.45, 2.75) is 6.92 Å². The standard InChI is InChI=1S/C7H8ClN.CH2O2/c1-5-2-3-6(8)4-7(5)9;2-1-3/h2-4H,9H2,1H3;1H,(H,2,3). The highest BCUT2D eigenvalue weighted by molar-refractivity contribution is 6.30. The summed E-state index contributed by atoms with van der Waals surface area (Å²) in [5.41, 5.74) is 7.36. The van der Waals surface area contributed by atoms with Crippen molar-refractivity contribution in [1.29, 1.82) is 0 Å². The van der Waals surface area contributed by atoms with Gasteiger partial charge in [-0.15, -0.1) is 0 Å². The lowest BCUT2D eigenvalue weighted by molar-refractivity contribution is -0.122. The van der Waals surface area contributed by atoms with Gasteiger partial charge in [-0.25, -0.2) is 0 Å². The van der Waals surface area contributed by atoms with Gasteiger partial charge in [-0.1, -0.05) is 17.7 Å². The van der Waals surface area contributed by atoms with Gasteiger partial charge in [0, 0.05) is 10.7 Å². The summed E-state index contributed by atoms with van der Waals surface area (Å²) in [7, 11) is 0. The minimum atomic E-state index is -0.250. The number of anilines is 1. The summed E-state index contributed by atoms with van der Waals surface area (Å²) in [6.07, 6.45) is 0. The van der Waals surface area contributed by atoms with Crippen LogP contribution in [0.15, 0.2) is 18.2 Å². The molecule has 0 aliphatic heterocycles. The van der Waals surface area contributed by atoms with Crippen LogP contribution in [-0.2, 0) is 4.79 Å². The zero-order valence-electron chi connectivity index (χ0n) is 6.62. The Kier molecular flexibility index (Phi) is 4.88. The van der Waals surface area contributed by atoms with Gasteiger partial charge in [0.15, 0.2) is 0 Å². The van der Waals surface area contributed by atoms with E-state index in [0.717, 1.165) is 11.3 Å². The SMILES string of the molecule is Cc1ccc(Cl)cc1N.O=CO. The second-order valence-corrected chi connectivity index (χ2v) is 2.54. The van der Waals surface area contributed by atoms with Gasteiger partial charge in [0.05, 0.1) is 0 Å². The van der Waals surface area contributed by atoms with Gasteiger partial charge in [-0.2, -0.15) is 0 Å². The number of nitrogen functional groups attached to an aromatic ring is 1. The molecule has 1 aromatic rings. The number of benzene rings is 1. The largest absolute Gasteiger partial charge is 0.483 e. The van der Waals surface area contributed by atoms with Crippen LogP contribution in [0.25, 0.3) is 0 Å². The predicted molar refractivity (Wildman–Crippen MR) is 49.3 cm³/mol. The number of nitrogens with two attached hydrogens (primary N) is 1. The zero-order chi connectivity index (χ0) is 9.56. The highest BCUT2D eigenvalue weighted by Crippen LogP contribution is 2.16. The smallest absolute Gasteiger partial charge is 0.290 e. The average Bonchev–Trinajstić information content (AvgIpc) is 1.99. The summed E-state index contributed by atoms with van der Waals surface area (Å²) in [6, 6.07) is 5.47. The fourth-order valence-corrected chi connectivity index (χ4v) is 0.792. The Balaban J connectivity index is 0.000000354. The zero-order valence-corrected chi connectivity index (χ0v) is 7.38. The van der Waals surface area contributed by atoms with Crippen molar-refractivity contribution in [2.24, 2.45) is 0 Å². The Hall–Kier alpha value is -1.22. The van der Waals surface area contributed by atoms with Crippen LogP contribution >= 0.6 is 11.6 Å². The fraction of sp³-hybridized carbons (Fsp3) is 0.125. The van der Waals surface area contributed by atoms with Crippen LogP contribution in [0.4, 0.5) is 5.69 Å². The van der Waals surface area contributed by atoms with Gasteiger partial charge in [0.2, 0.25) is 0 Å². The first-order valence-electron chi connectivity index (χ1n) is 3.21. The molecule has 1 rings (SSSR count). The fourth-order valence-electron chi connectivity index (χ4n) is 0.611. The second kappa shape index (κ2) is 5.43. The van der Waals surface area contributed by atoms with Crippen LogP contribution in [-0.4, -0.2) is 11.6 Å². The molecule has 0 radical (unpaired) electrons.